The number of halogens is 1. The fraction of sp³-hybridized carbons (Fsp3) is 0.333. The maximum Gasteiger partial charge on any atom is 0.151 e. The highest BCUT2D eigenvalue weighted by atomic mass is 19.1. The number of fused-ring (bicyclic) bond motifs is 1. The third-order valence-electron chi connectivity index (χ3n) is 5.57. The Labute approximate surface area is 184 Å². The summed E-state index contributed by atoms with van der Waals surface area (Å²) in [5.74, 6) is 0. The normalized spacial score (nSPS) is 21.8. The summed E-state index contributed by atoms with van der Waals surface area (Å²) in [4.78, 5) is 0. The molecule has 2 N–H and O–H groups in total. The molecule has 4 unspecified atom stereocenters. The third-order valence-corrected chi connectivity index (χ3v) is 5.57. The van der Waals surface area contributed by atoms with Gasteiger partial charge in [-0.3, -0.25) is 0 Å². The van der Waals surface area contributed by atoms with Gasteiger partial charge >= 0.3 is 0 Å². The molecule has 1 aromatic rings. The molecule has 0 radical (unpaired) electrons. The molecule has 1 saturated heterocycles. The zero-order valence-electron chi connectivity index (χ0n) is 18.2. The van der Waals surface area contributed by atoms with Crippen molar-refractivity contribution in [1.82, 2.24) is 0 Å². The Bertz CT molecular complexity index is 940. The van der Waals surface area contributed by atoms with Crippen LogP contribution in [0.1, 0.15) is 54.3 Å². The van der Waals surface area contributed by atoms with Crippen molar-refractivity contribution < 1.29 is 19.3 Å². The molecule has 31 heavy (non-hydrogen) atoms. The van der Waals surface area contributed by atoms with E-state index in [2.05, 4.69) is 6.58 Å². The fourth-order valence-corrected chi connectivity index (χ4v) is 4.02. The third kappa shape index (κ3) is 5.59. The number of aliphatic hydroxyl groups excluding tert-OH is 2. The maximum atomic E-state index is 15.5. The Kier molecular flexibility index (Phi) is 7.97. The van der Waals surface area contributed by atoms with Crippen molar-refractivity contribution in [2.24, 2.45) is 0 Å². The van der Waals surface area contributed by atoms with E-state index in [-0.39, 0.29) is 18.8 Å². The smallest absolute Gasteiger partial charge is 0.151 e. The lowest BCUT2D eigenvalue weighted by Gasteiger charge is -2.33. The van der Waals surface area contributed by atoms with Gasteiger partial charge in [-0.1, -0.05) is 48.5 Å². The van der Waals surface area contributed by atoms with Crippen LogP contribution in [0.5, 0.6) is 0 Å². The van der Waals surface area contributed by atoms with Crippen molar-refractivity contribution in [3.63, 3.8) is 0 Å². The molecule has 0 saturated carbocycles. The number of allylic oxidation sites excluding steroid dienone is 1. The van der Waals surface area contributed by atoms with Crippen molar-refractivity contribution in [3.8, 4) is 11.1 Å². The summed E-state index contributed by atoms with van der Waals surface area (Å²) in [5, 5.41) is 19.5. The van der Waals surface area contributed by atoms with Crippen molar-refractivity contribution in [2.45, 2.75) is 51.2 Å². The zero-order chi connectivity index (χ0) is 22.4. The molecule has 4 heteroatoms. The maximum absolute atomic E-state index is 15.5. The Morgan fingerprint density at radius 3 is 2.35 bits per heavy atom. The fourth-order valence-electron chi connectivity index (χ4n) is 4.02. The van der Waals surface area contributed by atoms with Crippen LogP contribution in [0.15, 0.2) is 73.3 Å². The van der Waals surface area contributed by atoms with E-state index in [1.165, 1.54) is 0 Å². The summed E-state index contributed by atoms with van der Waals surface area (Å²) in [6, 6.07) is 19.3. The first-order valence-corrected chi connectivity index (χ1v) is 10.7. The van der Waals surface area contributed by atoms with Crippen LogP contribution in [0.25, 0.3) is 11.1 Å². The van der Waals surface area contributed by atoms with Gasteiger partial charge in [0.1, 0.15) is 0 Å². The molecule has 0 spiro atoms. The Hall–Kier alpha value is -2.53. The molecular formula is C27H31FO3. The van der Waals surface area contributed by atoms with Gasteiger partial charge in [0.2, 0.25) is 0 Å². The molecule has 3 nitrogen and oxygen atoms in total. The van der Waals surface area contributed by atoms with E-state index < -0.39 is 12.3 Å². The standard InChI is InChI=1S/C24H25FO3.C3H6/c1-15-7-8-18(23-13-20(27)12-21(14-26)28-23)11-22(15)24(25)19-9-16-5-3-2-4-6-17(16)10-19;1-3-2/h2-11,20-21,23-24,26-27H,12-14H2,1H3;3H,1H2,2H3. The Balaban J connectivity index is 0.000000858. The summed E-state index contributed by atoms with van der Waals surface area (Å²) in [6.45, 7) is 7.02. The van der Waals surface area contributed by atoms with E-state index >= 15 is 4.39 Å². The number of hydrogen-bond acceptors (Lipinski definition) is 3. The van der Waals surface area contributed by atoms with Crippen molar-refractivity contribution in [3.05, 3.63) is 95.6 Å². The van der Waals surface area contributed by atoms with Gasteiger partial charge < -0.3 is 14.9 Å². The van der Waals surface area contributed by atoms with E-state index in [1.807, 2.05) is 74.5 Å². The average Bonchev–Trinajstić information content (AvgIpc) is 3.04. The van der Waals surface area contributed by atoms with E-state index in [0.29, 0.717) is 24.0 Å². The van der Waals surface area contributed by atoms with Crippen molar-refractivity contribution >= 4 is 0 Å². The molecule has 1 heterocycles. The highest BCUT2D eigenvalue weighted by Gasteiger charge is 2.30. The van der Waals surface area contributed by atoms with Gasteiger partial charge in [0.15, 0.2) is 6.17 Å². The van der Waals surface area contributed by atoms with Crippen molar-refractivity contribution in [2.75, 3.05) is 6.61 Å². The lowest BCUT2D eigenvalue weighted by atomic mass is 9.92. The van der Waals surface area contributed by atoms with Crippen LogP contribution < -0.4 is 0 Å². The van der Waals surface area contributed by atoms with Crippen LogP contribution in [0.2, 0.25) is 0 Å². The van der Waals surface area contributed by atoms with Gasteiger partial charge in [-0.2, -0.15) is 0 Å². The molecule has 0 aromatic heterocycles. The summed E-state index contributed by atoms with van der Waals surface area (Å²) >= 11 is 0. The quantitative estimate of drug-likeness (QED) is 0.513. The predicted octanol–water partition coefficient (Wildman–Crippen LogP) is 5.92. The Morgan fingerprint density at radius 2 is 1.74 bits per heavy atom. The molecule has 164 valence electrons. The summed E-state index contributed by atoms with van der Waals surface area (Å²) in [6.07, 6.45) is 0.135. The van der Waals surface area contributed by atoms with Crippen LogP contribution in [0.4, 0.5) is 4.39 Å². The molecule has 3 aliphatic rings. The zero-order valence-corrected chi connectivity index (χ0v) is 18.2. The average molecular weight is 423 g/mol. The van der Waals surface area contributed by atoms with Gasteiger partial charge in [-0.05, 0) is 65.4 Å². The minimum Gasteiger partial charge on any atom is -0.394 e. The number of rotatable bonds is 4. The number of aryl methyl sites for hydroxylation is 1. The first-order valence-electron chi connectivity index (χ1n) is 10.7. The van der Waals surface area contributed by atoms with Gasteiger partial charge in [0, 0.05) is 12.8 Å². The number of aliphatic hydroxyl groups is 2. The molecule has 4 rings (SSSR count). The number of alkyl halides is 1. The molecule has 4 atom stereocenters. The van der Waals surface area contributed by atoms with E-state index in [9.17, 15) is 10.2 Å². The monoisotopic (exact) mass is 422 g/mol. The van der Waals surface area contributed by atoms with Crippen LogP contribution in [0.3, 0.4) is 0 Å². The minimum absolute atomic E-state index is 0.129. The van der Waals surface area contributed by atoms with Crippen LogP contribution >= 0.6 is 0 Å². The molecular weight excluding hydrogens is 391 g/mol. The molecule has 0 amide bonds. The van der Waals surface area contributed by atoms with E-state index in [4.69, 9.17) is 4.74 Å². The first kappa shape index (κ1) is 23.1. The van der Waals surface area contributed by atoms with Gasteiger partial charge in [-0.15, -0.1) is 6.58 Å². The van der Waals surface area contributed by atoms with Crippen LogP contribution in [0, 0.1) is 6.92 Å². The molecule has 0 bridgehead atoms. The number of hydrogen-bond donors (Lipinski definition) is 2. The topological polar surface area (TPSA) is 49.7 Å². The highest BCUT2D eigenvalue weighted by Crippen LogP contribution is 2.38. The summed E-state index contributed by atoms with van der Waals surface area (Å²) in [5.41, 5.74) is 4.99. The lowest BCUT2D eigenvalue weighted by molar-refractivity contribution is -0.113. The minimum atomic E-state index is -1.24. The van der Waals surface area contributed by atoms with Gasteiger partial charge in [0.05, 0.1) is 24.9 Å². The summed E-state index contributed by atoms with van der Waals surface area (Å²) < 4.78 is 21.4. The predicted molar refractivity (Wildman–Crippen MR) is 123 cm³/mol. The second-order valence-corrected chi connectivity index (χ2v) is 8.05. The van der Waals surface area contributed by atoms with E-state index in [1.54, 1.807) is 6.08 Å². The molecule has 1 fully saturated rings. The highest BCUT2D eigenvalue weighted by molar-refractivity contribution is 5.68. The molecule has 1 aliphatic heterocycles. The van der Waals surface area contributed by atoms with Gasteiger partial charge in [0.25, 0.3) is 0 Å². The second kappa shape index (κ2) is 10.7. The lowest BCUT2D eigenvalue weighted by Crippen LogP contribution is -2.33. The van der Waals surface area contributed by atoms with Crippen LogP contribution in [-0.2, 0) is 4.74 Å². The second-order valence-electron chi connectivity index (χ2n) is 8.05. The molecule has 2 aliphatic carbocycles. The van der Waals surface area contributed by atoms with E-state index in [0.717, 1.165) is 22.3 Å². The van der Waals surface area contributed by atoms with Crippen molar-refractivity contribution in [1.29, 1.82) is 0 Å². The summed E-state index contributed by atoms with van der Waals surface area (Å²) in [7, 11) is 0. The first-order chi connectivity index (χ1) is 15.0. The molecule has 1 aromatic carbocycles. The van der Waals surface area contributed by atoms with Crippen LogP contribution in [-0.4, -0.2) is 29.0 Å². The number of ether oxygens (including phenoxy) is 1. The largest absolute Gasteiger partial charge is 0.394 e. The van der Waals surface area contributed by atoms with Gasteiger partial charge in [-0.25, -0.2) is 4.39 Å². The SMILES string of the molecule is C=CC.Cc1ccc(C2CC(O)CC(CO)O2)cc1C(F)c1cc2cccccc-2c1. The number of benzene rings is 1. The Morgan fingerprint density at radius 1 is 1.10 bits per heavy atom.